The number of thioether (sulfide) groups is 1. The van der Waals surface area contributed by atoms with Crippen molar-refractivity contribution in [3.05, 3.63) is 29.8 Å². The van der Waals surface area contributed by atoms with Crippen molar-refractivity contribution in [2.45, 2.75) is 23.4 Å². The van der Waals surface area contributed by atoms with Crippen molar-refractivity contribution in [1.29, 1.82) is 0 Å². The number of halogens is 3. The van der Waals surface area contributed by atoms with Crippen LogP contribution in [0.25, 0.3) is 0 Å². The summed E-state index contributed by atoms with van der Waals surface area (Å²) in [5, 5.41) is 11.4. The highest BCUT2D eigenvalue weighted by atomic mass is 32.2. The maximum atomic E-state index is 12.1. The first-order valence-electron chi connectivity index (χ1n) is 5.10. The van der Waals surface area contributed by atoms with Crippen LogP contribution in [0.1, 0.15) is 17.3 Å². The van der Waals surface area contributed by atoms with Crippen LogP contribution in [0.2, 0.25) is 0 Å². The summed E-state index contributed by atoms with van der Waals surface area (Å²) in [5.74, 6) is -0.431. The summed E-state index contributed by atoms with van der Waals surface area (Å²) in [6, 6.07) is 5.09. The quantitative estimate of drug-likeness (QED) is 0.832. The molecule has 100 valence electrons. The van der Waals surface area contributed by atoms with Gasteiger partial charge in [0.25, 0.3) is 5.91 Å². The van der Waals surface area contributed by atoms with Crippen molar-refractivity contribution in [3.8, 4) is 0 Å². The number of benzene rings is 1. The van der Waals surface area contributed by atoms with Gasteiger partial charge in [-0.1, -0.05) is 0 Å². The number of carbonyl (C=O) groups is 1. The fraction of sp³-hybridized carbons (Fsp3) is 0.364. The van der Waals surface area contributed by atoms with Crippen LogP contribution < -0.4 is 5.32 Å². The lowest BCUT2D eigenvalue weighted by atomic mass is 10.2. The van der Waals surface area contributed by atoms with Gasteiger partial charge in [0, 0.05) is 17.0 Å². The van der Waals surface area contributed by atoms with E-state index in [0.29, 0.717) is 0 Å². The SMILES string of the molecule is C[C@@H](O)CNC(=O)c1ccc(SC(F)(F)F)cc1. The van der Waals surface area contributed by atoms with E-state index in [1.54, 1.807) is 0 Å². The van der Waals surface area contributed by atoms with Crippen LogP contribution in [-0.2, 0) is 0 Å². The smallest absolute Gasteiger partial charge is 0.392 e. The molecule has 0 bridgehead atoms. The van der Waals surface area contributed by atoms with Crippen LogP contribution in [0.4, 0.5) is 13.2 Å². The fourth-order valence-electron chi connectivity index (χ4n) is 1.15. The van der Waals surface area contributed by atoms with Gasteiger partial charge in [0.2, 0.25) is 0 Å². The van der Waals surface area contributed by atoms with Crippen LogP contribution in [0.5, 0.6) is 0 Å². The number of rotatable bonds is 4. The monoisotopic (exact) mass is 279 g/mol. The topological polar surface area (TPSA) is 49.3 Å². The predicted molar refractivity (Wildman–Crippen MR) is 62.4 cm³/mol. The Morgan fingerprint density at radius 3 is 2.39 bits per heavy atom. The third-order valence-corrected chi connectivity index (χ3v) is 2.65. The Morgan fingerprint density at radius 1 is 1.39 bits per heavy atom. The van der Waals surface area contributed by atoms with E-state index in [4.69, 9.17) is 5.11 Å². The standard InChI is InChI=1S/C11H12F3NO2S/c1-7(16)6-15-10(17)8-2-4-9(5-3-8)18-11(12,13)14/h2-5,7,16H,6H2,1H3,(H,15,17)/t7-/m1/s1. The van der Waals surface area contributed by atoms with Gasteiger partial charge in [0.15, 0.2) is 0 Å². The summed E-state index contributed by atoms with van der Waals surface area (Å²) in [6.07, 6.45) is -0.672. The first-order valence-corrected chi connectivity index (χ1v) is 5.91. The molecule has 0 spiro atoms. The molecular weight excluding hydrogens is 267 g/mol. The van der Waals surface area contributed by atoms with Gasteiger partial charge in [0.1, 0.15) is 0 Å². The third kappa shape index (κ3) is 5.42. The molecule has 0 saturated heterocycles. The second kappa shape index (κ2) is 6.10. The van der Waals surface area contributed by atoms with E-state index in [0.717, 1.165) is 0 Å². The van der Waals surface area contributed by atoms with Crippen LogP contribution >= 0.6 is 11.8 Å². The lowest BCUT2D eigenvalue weighted by Crippen LogP contribution is -2.30. The minimum absolute atomic E-state index is 0.0228. The molecule has 7 heteroatoms. The number of amides is 1. The van der Waals surface area contributed by atoms with E-state index in [1.165, 1.54) is 31.2 Å². The Hall–Kier alpha value is -1.21. The second-order valence-corrected chi connectivity index (χ2v) is 4.77. The van der Waals surface area contributed by atoms with Gasteiger partial charge in [-0.3, -0.25) is 4.79 Å². The van der Waals surface area contributed by atoms with Crippen LogP contribution in [0, 0.1) is 0 Å². The zero-order valence-corrected chi connectivity index (χ0v) is 10.3. The number of hydrogen-bond acceptors (Lipinski definition) is 3. The van der Waals surface area contributed by atoms with Crippen molar-refractivity contribution in [1.82, 2.24) is 5.32 Å². The average Bonchev–Trinajstić information content (AvgIpc) is 2.24. The largest absolute Gasteiger partial charge is 0.446 e. The maximum absolute atomic E-state index is 12.1. The van der Waals surface area contributed by atoms with E-state index in [2.05, 4.69) is 5.32 Å². The number of aliphatic hydroxyl groups is 1. The number of hydrogen-bond donors (Lipinski definition) is 2. The number of nitrogens with one attached hydrogen (secondary N) is 1. The minimum atomic E-state index is -4.34. The number of aliphatic hydroxyl groups excluding tert-OH is 1. The summed E-state index contributed by atoms with van der Waals surface area (Å²) in [5.41, 5.74) is -4.09. The van der Waals surface area contributed by atoms with Crippen LogP contribution in [-0.4, -0.2) is 29.2 Å². The molecule has 0 aliphatic heterocycles. The molecule has 1 aromatic carbocycles. The Kier molecular flexibility index (Phi) is 5.03. The molecule has 0 heterocycles. The van der Waals surface area contributed by atoms with Gasteiger partial charge in [-0.25, -0.2) is 0 Å². The first kappa shape index (κ1) is 14.8. The van der Waals surface area contributed by atoms with Gasteiger partial charge in [-0.15, -0.1) is 0 Å². The highest BCUT2D eigenvalue weighted by Gasteiger charge is 2.29. The summed E-state index contributed by atoms with van der Waals surface area (Å²) >= 11 is -0.232. The predicted octanol–water partition coefficient (Wildman–Crippen LogP) is 2.41. The van der Waals surface area contributed by atoms with Crippen molar-refractivity contribution in [2.24, 2.45) is 0 Å². The highest BCUT2D eigenvalue weighted by Crippen LogP contribution is 2.36. The molecule has 2 N–H and O–H groups in total. The maximum Gasteiger partial charge on any atom is 0.446 e. The van der Waals surface area contributed by atoms with E-state index in [9.17, 15) is 18.0 Å². The molecular formula is C11H12F3NO2S. The molecule has 1 rings (SSSR count). The molecule has 18 heavy (non-hydrogen) atoms. The summed E-state index contributed by atoms with van der Waals surface area (Å²) in [6.45, 7) is 1.61. The Morgan fingerprint density at radius 2 is 1.94 bits per heavy atom. The van der Waals surface area contributed by atoms with Gasteiger partial charge < -0.3 is 10.4 Å². The van der Waals surface area contributed by atoms with Crippen LogP contribution in [0.3, 0.4) is 0 Å². The minimum Gasteiger partial charge on any atom is -0.392 e. The fourth-order valence-corrected chi connectivity index (χ4v) is 1.69. The third-order valence-electron chi connectivity index (χ3n) is 1.91. The van der Waals surface area contributed by atoms with Crippen molar-refractivity contribution in [2.75, 3.05) is 6.54 Å². The zero-order chi connectivity index (χ0) is 13.8. The molecule has 0 aromatic heterocycles. The summed E-state index contributed by atoms with van der Waals surface area (Å²) in [4.78, 5) is 11.5. The molecule has 3 nitrogen and oxygen atoms in total. The molecule has 1 atom stereocenters. The molecule has 0 unspecified atom stereocenters. The molecule has 0 aliphatic carbocycles. The number of carbonyl (C=O) groups excluding carboxylic acids is 1. The van der Waals surface area contributed by atoms with Gasteiger partial charge in [-0.2, -0.15) is 13.2 Å². The molecule has 1 amide bonds. The van der Waals surface area contributed by atoms with Crippen molar-refractivity contribution < 1.29 is 23.1 Å². The second-order valence-electron chi connectivity index (χ2n) is 3.63. The number of alkyl halides is 3. The van der Waals surface area contributed by atoms with E-state index >= 15 is 0 Å². The van der Waals surface area contributed by atoms with Crippen LogP contribution in [0.15, 0.2) is 29.2 Å². The zero-order valence-electron chi connectivity index (χ0n) is 9.49. The van der Waals surface area contributed by atoms with Gasteiger partial charge in [0.05, 0.1) is 6.10 Å². The van der Waals surface area contributed by atoms with Crippen molar-refractivity contribution in [3.63, 3.8) is 0 Å². The van der Waals surface area contributed by atoms with Gasteiger partial charge >= 0.3 is 5.51 Å². The Bertz CT molecular complexity index is 404. The lowest BCUT2D eigenvalue weighted by molar-refractivity contribution is -0.0328. The molecule has 0 aliphatic rings. The van der Waals surface area contributed by atoms with E-state index in [1.807, 2.05) is 0 Å². The van der Waals surface area contributed by atoms with Gasteiger partial charge in [-0.05, 0) is 43.0 Å². The first-order chi connectivity index (χ1) is 8.28. The average molecular weight is 279 g/mol. The lowest BCUT2D eigenvalue weighted by Gasteiger charge is -2.08. The Balaban J connectivity index is 2.62. The molecule has 0 saturated carbocycles. The van der Waals surface area contributed by atoms with E-state index in [-0.39, 0.29) is 28.8 Å². The van der Waals surface area contributed by atoms with Crippen molar-refractivity contribution >= 4 is 17.7 Å². The normalized spacial score (nSPS) is 13.2. The summed E-state index contributed by atoms with van der Waals surface area (Å²) < 4.78 is 36.2. The highest BCUT2D eigenvalue weighted by molar-refractivity contribution is 8.00. The Labute approximate surface area is 106 Å². The molecule has 1 aromatic rings. The summed E-state index contributed by atoms with van der Waals surface area (Å²) in [7, 11) is 0. The molecule has 0 fully saturated rings. The van der Waals surface area contributed by atoms with E-state index < -0.39 is 17.5 Å². The molecule has 0 radical (unpaired) electrons.